The maximum atomic E-state index is 13.3. The zero-order chi connectivity index (χ0) is 17.3. The summed E-state index contributed by atoms with van der Waals surface area (Å²) in [6.07, 6.45) is -4.68. The van der Waals surface area contributed by atoms with E-state index < -0.39 is 23.1 Å². The van der Waals surface area contributed by atoms with Gasteiger partial charge in [0.15, 0.2) is 0 Å². The third-order valence-corrected chi connectivity index (χ3v) is 3.51. The Morgan fingerprint density at radius 2 is 2.12 bits per heavy atom. The van der Waals surface area contributed by atoms with E-state index in [9.17, 15) is 22.4 Å². The minimum absolute atomic E-state index is 0.00974. The van der Waals surface area contributed by atoms with Crippen LogP contribution in [0.1, 0.15) is 11.5 Å². The highest BCUT2D eigenvalue weighted by Gasteiger charge is 2.35. The standard InChI is InChI=1S/C14H12F4N4O2/c15-8-1-2-10(14(16,17)18)9(5-8)13-20-11(24-21-13)7-22-4-3-19-6-12(22)23/h1-2,5,19H,3-4,6-7H2. The van der Waals surface area contributed by atoms with Crippen molar-refractivity contribution in [2.75, 3.05) is 19.6 Å². The molecule has 0 spiro atoms. The second kappa shape index (κ2) is 6.19. The van der Waals surface area contributed by atoms with Gasteiger partial charge in [-0.25, -0.2) is 4.39 Å². The molecule has 0 radical (unpaired) electrons. The number of hydrogen-bond acceptors (Lipinski definition) is 5. The molecule has 1 N–H and O–H groups in total. The number of carbonyl (C=O) groups is 1. The van der Waals surface area contributed by atoms with Crippen LogP contribution in [0.25, 0.3) is 11.4 Å². The molecule has 10 heteroatoms. The lowest BCUT2D eigenvalue weighted by atomic mass is 10.1. The van der Waals surface area contributed by atoms with Crippen LogP contribution < -0.4 is 5.32 Å². The van der Waals surface area contributed by atoms with Crippen LogP contribution in [-0.4, -0.2) is 40.6 Å². The molecule has 1 aromatic carbocycles. The van der Waals surface area contributed by atoms with Crippen molar-refractivity contribution in [1.29, 1.82) is 0 Å². The first kappa shape index (κ1) is 16.4. The Bertz CT molecular complexity index is 759. The number of benzene rings is 1. The first-order valence-corrected chi connectivity index (χ1v) is 7.03. The van der Waals surface area contributed by atoms with E-state index in [4.69, 9.17) is 4.52 Å². The fraction of sp³-hybridized carbons (Fsp3) is 0.357. The number of carbonyl (C=O) groups excluding carboxylic acids is 1. The van der Waals surface area contributed by atoms with E-state index in [1.165, 1.54) is 4.90 Å². The summed E-state index contributed by atoms with van der Waals surface area (Å²) in [4.78, 5) is 17.0. The summed E-state index contributed by atoms with van der Waals surface area (Å²) in [5.74, 6) is -1.42. The third-order valence-electron chi connectivity index (χ3n) is 3.51. The molecular weight excluding hydrogens is 332 g/mol. The quantitative estimate of drug-likeness (QED) is 0.860. The Labute approximate surface area is 133 Å². The number of amides is 1. The lowest BCUT2D eigenvalue weighted by molar-refractivity contribution is -0.137. The molecule has 0 saturated carbocycles. The smallest absolute Gasteiger partial charge is 0.337 e. The highest BCUT2D eigenvalue weighted by molar-refractivity contribution is 5.78. The van der Waals surface area contributed by atoms with E-state index in [1.807, 2.05) is 0 Å². The average Bonchev–Trinajstić information content (AvgIpc) is 2.97. The van der Waals surface area contributed by atoms with Crippen LogP contribution in [0.15, 0.2) is 22.7 Å². The van der Waals surface area contributed by atoms with Gasteiger partial charge in [0.2, 0.25) is 17.6 Å². The fourth-order valence-electron chi connectivity index (χ4n) is 2.35. The van der Waals surface area contributed by atoms with Crippen molar-refractivity contribution in [2.24, 2.45) is 0 Å². The topological polar surface area (TPSA) is 71.3 Å². The zero-order valence-electron chi connectivity index (χ0n) is 12.2. The first-order valence-electron chi connectivity index (χ1n) is 7.03. The van der Waals surface area contributed by atoms with E-state index in [0.717, 1.165) is 0 Å². The number of aromatic nitrogens is 2. The molecular formula is C14H12F4N4O2. The van der Waals surface area contributed by atoms with E-state index in [0.29, 0.717) is 31.3 Å². The number of nitrogens with zero attached hydrogens (tertiary/aromatic N) is 3. The van der Waals surface area contributed by atoms with Crippen LogP contribution in [-0.2, 0) is 17.5 Å². The summed E-state index contributed by atoms with van der Waals surface area (Å²) in [7, 11) is 0. The highest BCUT2D eigenvalue weighted by Crippen LogP contribution is 2.36. The Morgan fingerprint density at radius 3 is 2.83 bits per heavy atom. The van der Waals surface area contributed by atoms with Crippen LogP contribution >= 0.6 is 0 Å². The molecule has 1 aromatic heterocycles. The van der Waals surface area contributed by atoms with Gasteiger partial charge in [-0.3, -0.25) is 4.79 Å². The maximum Gasteiger partial charge on any atom is 0.417 e. The molecule has 1 aliphatic rings. The van der Waals surface area contributed by atoms with Gasteiger partial charge in [0.1, 0.15) is 12.4 Å². The van der Waals surface area contributed by atoms with Gasteiger partial charge >= 0.3 is 6.18 Å². The van der Waals surface area contributed by atoms with Crippen LogP contribution in [0.4, 0.5) is 17.6 Å². The van der Waals surface area contributed by atoms with Gasteiger partial charge in [-0.2, -0.15) is 18.2 Å². The monoisotopic (exact) mass is 344 g/mol. The maximum absolute atomic E-state index is 13.3. The SMILES string of the molecule is O=C1CNCCN1Cc1nc(-c2cc(F)ccc2C(F)(F)F)no1. The molecule has 128 valence electrons. The molecule has 0 bridgehead atoms. The van der Waals surface area contributed by atoms with Gasteiger partial charge in [-0.1, -0.05) is 5.16 Å². The molecule has 24 heavy (non-hydrogen) atoms. The van der Waals surface area contributed by atoms with Crippen molar-refractivity contribution in [3.05, 3.63) is 35.5 Å². The largest absolute Gasteiger partial charge is 0.417 e. The van der Waals surface area contributed by atoms with E-state index in [2.05, 4.69) is 15.5 Å². The van der Waals surface area contributed by atoms with Gasteiger partial charge in [0, 0.05) is 18.7 Å². The average molecular weight is 344 g/mol. The third kappa shape index (κ3) is 3.37. The number of halogens is 4. The molecule has 2 aromatic rings. The molecule has 1 saturated heterocycles. The number of nitrogens with one attached hydrogen (secondary N) is 1. The molecule has 1 amide bonds. The van der Waals surface area contributed by atoms with Gasteiger partial charge < -0.3 is 14.7 Å². The normalized spacial score (nSPS) is 15.8. The van der Waals surface area contributed by atoms with Crippen molar-refractivity contribution in [3.8, 4) is 11.4 Å². The second-order valence-corrected chi connectivity index (χ2v) is 5.19. The molecule has 0 aliphatic carbocycles. The van der Waals surface area contributed by atoms with Crippen molar-refractivity contribution < 1.29 is 26.9 Å². The molecule has 1 fully saturated rings. The minimum Gasteiger partial charge on any atom is -0.337 e. The molecule has 1 aliphatic heterocycles. The molecule has 2 heterocycles. The minimum atomic E-state index is -4.68. The molecule has 6 nitrogen and oxygen atoms in total. The Kier molecular flexibility index (Phi) is 4.22. The van der Waals surface area contributed by atoms with Crippen molar-refractivity contribution in [3.63, 3.8) is 0 Å². The summed E-state index contributed by atoms with van der Waals surface area (Å²) in [6, 6.07) is 2.04. The zero-order valence-corrected chi connectivity index (χ0v) is 12.2. The van der Waals surface area contributed by atoms with E-state index in [1.54, 1.807) is 0 Å². The van der Waals surface area contributed by atoms with Gasteiger partial charge in [-0.05, 0) is 18.2 Å². The summed E-state index contributed by atoms with van der Waals surface area (Å²) in [5, 5.41) is 6.37. The number of hydrogen-bond donors (Lipinski definition) is 1. The fourth-order valence-corrected chi connectivity index (χ4v) is 2.35. The van der Waals surface area contributed by atoms with Crippen LogP contribution in [0.3, 0.4) is 0 Å². The van der Waals surface area contributed by atoms with Gasteiger partial charge in [0.05, 0.1) is 12.1 Å². The predicted octanol–water partition coefficient (Wildman–Crippen LogP) is 1.83. The van der Waals surface area contributed by atoms with Crippen LogP contribution in [0, 0.1) is 5.82 Å². The lowest BCUT2D eigenvalue weighted by Gasteiger charge is -2.25. The number of piperazine rings is 1. The highest BCUT2D eigenvalue weighted by atomic mass is 19.4. The Hall–Kier alpha value is -2.49. The predicted molar refractivity (Wildman–Crippen MR) is 73.0 cm³/mol. The number of rotatable bonds is 3. The first-order chi connectivity index (χ1) is 11.3. The summed E-state index contributed by atoms with van der Waals surface area (Å²) < 4.78 is 57.3. The van der Waals surface area contributed by atoms with Gasteiger partial charge in [0.25, 0.3) is 0 Å². The van der Waals surface area contributed by atoms with Crippen LogP contribution in [0.5, 0.6) is 0 Å². The number of alkyl halides is 3. The van der Waals surface area contributed by atoms with Crippen molar-refractivity contribution in [2.45, 2.75) is 12.7 Å². The molecule has 3 rings (SSSR count). The summed E-state index contributed by atoms with van der Waals surface area (Å²) in [6.45, 7) is 1.17. The van der Waals surface area contributed by atoms with Crippen molar-refractivity contribution in [1.82, 2.24) is 20.4 Å². The van der Waals surface area contributed by atoms with E-state index in [-0.39, 0.29) is 30.7 Å². The summed E-state index contributed by atoms with van der Waals surface area (Å²) >= 11 is 0. The van der Waals surface area contributed by atoms with E-state index >= 15 is 0 Å². The van der Waals surface area contributed by atoms with Crippen LogP contribution in [0.2, 0.25) is 0 Å². The Morgan fingerprint density at radius 1 is 1.33 bits per heavy atom. The van der Waals surface area contributed by atoms with Gasteiger partial charge in [-0.15, -0.1) is 0 Å². The van der Waals surface area contributed by atoms with Crippen molar-refractivity contribution >= 4 is 5.91 Å². The lowest BCUT2D eigenvalue weighted by Crippen LogP contribution is -2.47. The Balaban J connectivity index is 1.88. The second-order valence-electron chi connectivity index (χ2n) is 5.19. The molecule has 0 atom stereocenters. The summed E-state index contributed by atoms with van der Waals surface area (Å²) in [5.41, 5.74) is -1.57. The molecule has 0 unspecified atom stereocenters.